The Bertz CT molecular complexity index is 362. The van der Waals surface area contributed by atoms with Gasteiger partial charge in [0, 0.05) is 16.6 Å². The molecule has 0 unspecified atom stereocenters. The predicted octanol–water partition coefficient (Wildman–Crippen LogP) is 3.66. The highest BCUT2D eigenvalue weighted by Gasteiger charge is 2.25. The van der Waals surface area contributed by atoms with Crippen molar-refractivity contribution in [2.75, 3.05) is 0 Å². The lowest BCUT2D eigenvalue weighted by Gasteiger charge is -2.22. The lowest BCUT2D eigenvalue weighted by Crippen LogP contribution is -2.27. The Kier molecular flexibility index (Phi) is 3.64. The third-order valence-electron chi connectivity index (χ3n) is 3.12. The van der Waals surface area contributed by atoms with Crippen LogP contribution in [0, 0.1) is 0 Å². The zero-order valence-corrected chi connectivity index (χ0v) is 11.3. The summed E-state index contributed by atoms with van der Waals surface area (Å²) in [6.07, 6.45) is 4.45. The van der Waals surface area contributed by atoms with E-state index in [0.29, 0.717) is 12.1 Å². The van der Waals surface area contributed by atoms with Gasteiger partial charge in [-0.2, -0.15) is 5.10 Å². The number of halogens is 1. The first-order valence-electron chi connectivity index (χ1n) is 5.74. The zero-order chi connectivity index (χ0) is 11.5. The molecule has 2 atom stereocenters. The van der Waals surface area contributed by atoms with Crippen LogP contribution in [0.25, 0.3) is 0 Å². The summed E-state index contributed by atoms with van der Waals surface area (Å²) in [5.41, 5.74) is 1.15. The Morgan fingerprint density at radius 1 is 1.19 bits per heavy atom. The molecule has 2 nitrogen and oxygen atoms in total. The molecule has 1 aliphatic rings. The molecule has 1 aromatic carbocycles. The van der Waals surface area contributed by atoms with E-state index in [-0.39, 0.29) is 0 Å². The number of benzene rings is 1. The number of rotatable bonds is 2. The second-order valence-corrected chi connectivity index (χ2v) is 5.37. The molecule has 2 rings (SSSR count). The van der Waals surface area contributed by atoms with Crippen LogP contribution in [0.1, 0.15) is 32.3 Å². The highest BCUT2D eigenvalue weighted by molar-refractivity contribution is 9.10. The fraction of sp³-hybridized carbons (Fsp3) is 0.462. The molecular weight excluding hydrogens is 264 g/mol. The summed E-state index contributed by atoms with van der Waals surface area (Å²) in [7, 11) is 0. The van der Waals surface area contributed by atoms with Gasteiger partial charge in [0.05, 0.1) is 6.21 Å². The average Bonchev–Trinajstić information content (AvgIpc) is 2.59. The lowest BCUT2D eigenvalue weighted by molar-refractivity contribution is 0.226. The molecule has 0 radical (unpaired) electrons. The molecule has 1 aliphatic heterocycles. The Morgan fingerprint density at radius 2 is 1.75 bits per heavy atom. The summed E-state index contributed by atoms with van der Waals surface area (Å²) < 4.78 is 1.10. The summed E-state index contributed by atoms with van der Waals surface area (Å²) in [5, 5.41) is 6.79. The summed E-state index contributed by atoms with van der Waals surface area (Å²) in [5.74, 6) is 0. The lowest BCUT2D eigenvalue weighted by atomic mass is 10.2. The van der Waals surface area contributed by atoms with Crippen LogP contribution in [0.3, 0.4) is 0 Å². The second kappa shape index (κ2) is 5.00. The van der Waals surface area contributed by atoms with Crippen LogP contribution < -0.4 is 0 Å². The molecule has 1 heterocycles. The molecule has 1 fully saturated rings. The summed E-state index contributed by atoms with van der Waals surface area (Å²) in [6, 6.07) is 9.36. The Hall–Kier alpha value is -0.830. The van der Waals surface area contributed by atoms with Crippen molar-refractivity contribution in [2.45, 2.75) is 38.8 Å². The molecule has 16 heavy (non-hydrogen) atoms. The topological polar surface area (TPSA) is 15.6 Å². The van der Waals surface area contributed by atoms with E-state index >= 15 is 0 Å². The minimum absolute atomic E-state index is 0.571. The normalized spacial score (nSPS) is 25.6. The van der Waals surface area contributed by atoms with Crippen LogP contribution in [0.4, 0.5) is 0 Å². The zero-order valence-electron chi connectivity index (χ0n) is 9.73. The highest BCUT2D eigenvalue weighted by Crippen LogP contribution is 2.23. The molecule has 86 valence electrons. The van der Waals surface area contributed by atoms with E-state index in [2.05, 4.69) is 52.0 Å². The first kappa shape index (κ1) is 11.6. The summed E-state index contributed by atoms with van der Waals surface area (Å²) in [6.45, 7) is 4.48. The van der Waals surface area contributed by atoms with Gasteiger partial charge in [-0.05, 0) is 44.4 Å². The Labute approximate surface area is 105 Å². The number of hydrogen-bond donors (Lipinski definition) is 0. The van der Waals surface area contributed by atoms with Gasteiger partial charge in [-0.25, -0.2) is 0 Å². The summed E-state index contributed by atoms with van der Waals surface area (Å²) >= 11 is 3.43. The molecule has 0 bridgehead atoms. The smallest absolute Gasteiger partial charge is 0.0543 e. The van der Waals surface area contributed by atoms with Crippen molar-refractivity contribution >= 4 is 22.1 Å². The van der Waals surface area contributed by atoms with E-state index in [0.717, 1.165) is 10.0 Å². The van der Waals surface area contributed by atoms with Crippen molar-refractivity contribution in [3.63, 3.8) is 0 Å². The van der Waals surface area contributed by atoms with E-state index in [9.17, 15) is 0 Å². The third-order valence-corrected chi connectivity index (χ3v) is 3.64. The van der Waals surface area contributed by atoms with E-state index in [4.69, 9.17) is 0 Å². The minimum atomic E-state index is 0.571. The van der Waals surface area contributed by atoms with Crippen molar-refractivity contribution < 1.29 is 0 Å². The van der Waals surface area contributed by atoms with Crippen LogP contribution in [-0.4, -0.2) is 23.3 Å². The van der Waals surface area contributed by atoms with Crippen LogP contribution >= 0.6 is 15.9 Å². The predicted molar refractivity (Wildman–Crippen MR) is 71.7 cm³/mol. The van der Waals surface area contributed by atoms with Gasteiger partial charge >= 0.3 is 0 Å². The molecule has 3 heteroatoms. The Balaban J connectivity index is 2.06. The van der Waals surface area contributed by atoms with Gasteiger partial charge in [0.2, 0.25) is 0 Å². The van der Waals surface area contributed by atoms with E-state index in [1.54, 1.807) is 0 Å². The van der Waals surface area contributed by atoms with Gasteiger partial charge in [-0.3, -0.25) is 5.01 Å². The maximum absolute atomic E-state index is 4.58. The SMILES string of the molecule is C[C@@H]1CC[C@@H](C)N1N=Cc1ccc(Br)cc1. The van der Waals surface area contributed by atoms with Gasteiger partial charge in [-0.1, -0.05) is 28.1 Å². The van der Waals surface area contributed by atoms with Crippen molar-refractivity contribution in [1.29, 1.82) is 0 Å². The molecule has 0 N–H and O–H groups in total. The van der Waals surface area contributed by atoms with Crippen LogP contribution in [0.2, 0.25) is 0 Å². The molecule has 0 saturated carbocycles. The molecular formula is C13H17BrN2. The number of nitrogens with zero attached hydrogens (tertiary/aromatic N) is 2. The third kappa shape index (κ3) is 2.64. The molecule has 0 amide bonds. The molecule has 0 aliphatic carbocycles. The van der Waals surface area contributed by atoms with Crippen LogP contribution in [-0.2, 0) is 0 Å². The first-order valence-corrected chi connectivity index (χ1v) is 6.54. The maximum atomic E-state index is 4.58. The minimum Gasteiger partial charge on any atom is -0.292 e. The summed E-state index contributed by atoms with van der Waals surface area (Å²) in [4.78, 5) is 0. The van der Waals surface area contributed by atoms with Crippen molar-refractivity contribution in [3.05, 3.63) is 34.3 Å². The van der Waals surface area contributed by atoms with Gasteiger partial charge in [0.1, 0.15) is 0 Å². The number of hydrogen-bond acceptors (Lipinski definition) is 2. The highest BCUT2D eigenvalue weighted by atomic mass is 79.9. The fourth-order valence-corrected chi connectivity index (χ4v) is 2.36. The van der Waals surface area contributed by atoms with Crippen LogP contribution in [0.5, 0.6) is 0 Å². The quantitative estimate of drug-likeness (QED) is 0.755. The molecule has 1 saturated heterocycles. The Morgan fingerprint density at radius 3 is 2.31 bits per heavy atom. The number of hydrazone groups is 1. The standard InChI is InChI=1S/C13H17BrN2/c1-10-3-4-11(2)16(10)15-9-12-5-7-13(14)8-6-12/h5-11H,3-4H2,1-2H3/t10-,11-/m1/s1. The van der Waals surface area contributed by atoms with Crippen molar-refractivity contribution in [2.24, 2.45) is 5.10 Å². The maximum Gasteiger partial charge on any atom is 0.0543 e. The fourth-order valence-electron chi connectivity index (χ4n) is 2.09. The van der Waals surface area contributed by atoms with Gasteiger partial charge in [0.25, 0.3) is 0 Å². The van der Waals surface area contributed by atoms with E-state index in [1.807, 2.05) is 18.3 Å². The van der Waals surface area contributed by atoms with Gasteiger partial charge in [-0.15, -0.1) is 0 Å². The monoisotopic (exact) mass is 280 g/mol. The average molecular weight is 281 g/mol. The van der Waals surface area contributed by atoms with Crippen LogP contribution in [0.15, 0.2) is 33.8 Å². The van der Waals surface area contributed by atoms with E-state index < -0.39 is 0 Å². The van der Waals surface area contributed by atoms with Crippen molar-refractivity contribution in [1.82, 2.24) is 5.01 Å². The molecule has 0 aromatic heterocycles. The van der Waals surface area contributed by atoms with Gasteiger partial charge < -0.3 is 0 Å². The largest absolute Gasteiger partial charge is 0.292 e. The van der Waals surface area contributed by atoms with Gasteiger partial charge in [0.15, 0.2) is 0 Å². The first-order chi connectivity index (χ1) is 7.66. The van der Waals surface area contributed by atoms with E-state index in [1.165, 1.54) is 12.8 Å². The van der Waals surface area contributed by atoms with Crippen molar-refractivity contribution in [3.8, 4) is 0 Å². The molecule has 1 aromatic rings. The second-order valence-electron chi connectivity index (χ2n) is 4.45. The molecule has 0 spiro atoms.